The van der Waals surface area contributed by atoms with Crippen LogP contribution in [0.25, 0.3) is 21.2 Å². The zero-order chi connectivity index (χ0) is 29.9. The van der Waals surface area contributed by atoms with Gasteiger partial charge in [0.2, 0.25) is 0 Å². The molecule has 214 valence electrons. The van der Waals surface area contributed by atoms with Crippen LogP contribution in [0.5, 0.6) is 5.75 Å². The minimum Gasteiger partial charge on any atom is -0.489 e. The van der Waals surface area contributed by atoms with Crippen LogP contribution in [0, 0.1) is 0 Å². The highest BCUT2D eigenvalue weighted by Crippen LogP contribution is 2.31. The molecular formula is C32H23ClF3NO4S. The lowest BCUT2D eigenvalue weighted by molar-refractivity contribution is -0.139. The minimum absolute atomic E-state index is 0.0475. The molecule has 0 aliphatic carbocycles. The van der Waals surface area contributed by atoms with E-state index >= 15 is 0 Å². The van der Waals surface area contributed by atoms with Gasteiger partial charge in [0.25, 0.3) is 5.91 Å². The summed E-state index contributed by atoms with van der Waals surface area (Å²) in [7, 11) is 0. The van der Waals surface area contributed by atoms with Gasteiger partial charge in [-0.25, -0.2) is 4.79 Å². The van der Waals surface area contributed by atoms with Gasteiger partial charge >= 0.3 is 12.1 Å². The number of carbonyl (C=O) groups excluding carboxylic acids is 1. The van der Waals surface area contributed by atoms with Crippen LogP contribution in [0.1, 0.15) is 26.4 Å². The number of carboxylic acids is 1. The molecule has 1 unspecified atom stereocenters. The molecule has 0 fully saturated rings. The fourth-order valence-corrected chi connectivity index (χ4v) is 5.39. The molecule has 42 heavy (non-hydrogen) atoms. The van der Waals surface area contributed by atoms with Crippen LogP contribution in [0.2, 0.25) is 5.02 Å². The van der Waals surface area contributed by atoms with Gasteiger partial charge in [0, 0.05) is 16.1 Å². The highest BCUT2D eigenvalue weighted by molar-refractivity contribution is 7.20. The second-order valence-electron chi connectivity index (χ2n) is 9.57. The Morgan fingerprint density at radius 3 is 2.14 bits per heavy atom. The molecule has 4 aromatic carbocycles. The molecule has 5 nitrogen and oxygen atoms in total. The molecule has 1 atom stereocenters. The van der Waals surface area contributed by atoms with Gasteiger partial charge in [-0.15, -0.1) is 11.3 Å². The van der Waals surface area contributed by atoms with E-state index in [9.17, 15) is 27.9 Å². The number of carbonyl (C=O) groups is 2. The van der Waals surface area contributed by atoms with Gasteiger partial charge in [-0.1, -0.05) is 54.1 Å². The summed E-state index contributed by atoms with van der Waals surface area (Å²) in [6.45, 7) is 0.0711. The zero-order valence-electron chi connectivity index (χ0n) is 21.8. The number of aliphatic carboxylic acids is 1. The van der Waals surface area contributed by atoms with E-state index in [2.05, 4.69) is 5.32 Å². The number of halogens is 4. The van der Waals surface area contributed by atoms with Gasteiger partial charge < -0.3 is 15.2 Å². The number of thiophene rings is 1. The Labute approximate surface area is 248 Å². The predicted molar refractivity (Wildman–Crippen MR) is 157 cm³/mol. The van der Waals surface area contributed by atoms with Gasteiger partial charge in [-0.05, 0) is 82.2 Å². The Balaban J connectivity index is 1.20. The number of rotatable bonds is 9. The average Bonchev–Trinajstić information content (AvgIpc) is 3.40. The maximum Gasteiger partial charge on any atom is 0.416 e. The zero-order valence-corrected chi connectivity index (χ0v) is 23.4. The molecular weight excluding hydrogens is 587 g/mol. The van der Waals surface area contributed by atoms with Gasteiger partial charge in [0.1, 0.15) is 18.4 Å². The van der Waals surface area contributed by atoms with Crippen molar-refractivity contribution in [3.05, 3.63) is 124 Å². The lowest BCUT2D eigenvalue weighted by Crippen LogP contribution is -2.42. The van der Waals surface area contributed by atoms with Crippen LogP contribution in [0.4, 0.5) is 13.2 Å². The number of hydrogen-bond donors (Lipinski definition) is 2. The van der Waals surface area contributed by atoms with Crippen LogP contribution in [-0.4, -0.2) is 23.0 Å². The third-order valence-corrected chi connectivity index (χ3v) is 7.94. The molecule has 1 aromatic heterocycles. The first kappa shape index (κ1) is 29.2. The van der Waals surface area contributed by atoms with Crippen molar-refractivity contribution < 1.29 is 32.6 Å². The average molecular weight is 610 g/mol. The van der Waals surface area contributed by atoms with E-state index in [1.807, 2.05) is 42.5 Å². The molecule has 5 aromatic rings. The summed E-state index contributed by atoms with van der Waals surface area (Å²) in [5.41, 5.74) is 2.46. The summed E-state index contributed by atoms with van der Waals surface area (Å²) in [5.74, 6) is -1.18. The van der Waals surface area contributed by atoms with E-state index in [4.69, 9.17) is 16.3 Å². The van der Waals surface area contributed by atoms with Gasteiger partial charge in [0.05, 0.1) is 10.4 Å². The number of carboxylic acid groups (broad SMARTS) is 1. The van der Waals surface area contributed by atoms with Crippen molar-refractivity contribution in [3.8, 4) is 16.9 Å². The van der Waals surface area contributed by atoms with E-state index in [-0.39, 0.29) is 13.0 Å². The number of hydrogen-bond acceptors (Lipinski definition) is 4. The van der Waals surface area contributed by atoms with Gasteiger partial charge in [0.15, 0.2) is 0 Å². The normalized spacial score (nSPS) is 12.2. The number of benzene rings is 4. The number of nitrogens with one attached hydrogen (secondary N) is 1. The van der Waals surface area contributed by atoms with Crippen LogP contribution >= 0.6 is 22.9 Å². The fourth-order valence-electron chi connectivity index (χ4n) is 4.32. The molecule has 0 spiro atoms. The van der Waals surface area contributed by atoms with Gasteiger partial charge in [-0.3, -0.25) is 4.79 Å². The third-order valence-electron chi connectivity index (χ3n) is 6.57. The second kappa shape index (κ2) is 12.3. The monoisotopic (exact) mass is 609 g/mol. The molecule has 0 aliphatic rings. The Hall–Kier alpha value is -4.34. The van der Waals surface area contributed by atoms with Crippen LogP contribution in [0.3, 0.4) is 0 Å². The topological polar surface area (TPSA) is 75.6 Å². The number of fused-ring (bicyclic) bond motifs is 1. The lowest BCUT2D eigenvalue weighted by Gasteiger charge is -2.14. The molecule has 0 saturated heterocycles. The SMILES string of the molecule is O=C(NC(Cc1ccc(OCc2ccc(C(F)(F)F)cc2)cc1)C(=O)O)c1cc2cc(-c3ccc(Cl)cc3)ccc2s1. The first-order valence-corrected chi connectivity index (χ1v) is 14.0. The second-order valence-corrected chi connectivity index (χ2v) is 11.1. The van der Waals surface area contributed by atoms with Gasteiger partial charge in [-0.2, -0.15) is 13.2 Å². The van der Waals surface area contributed by atoms with Crippen molar-refractivity contribution in [1.82, 2.24) is 5.32 Å². The molecule has 0 aliphatic heterocycles. The number of alkyl halides is 3. The summed E-state index contributed by atoms with van der Waals surface area (Å²) in [5, 5.41) is 13.9. The third kappa shape index (κ3) is 7.10. The van der Waals surface area contributed by atoms with E-state index < -0.39 is 29.7 Å². The van der Waals surface area contributed by atoms with Crippen LogP contribution < -0.4 is 10.1 Å². The lowest BCUT2D eigenvalue weighted by atomic mass is 10.0. The largest absolute Gasteiger partial charge is 0.489 e. The van der Waals surface area contributed by atoms with E-state index in [1.54, 1.807) is 30.3 Å². The quantitative estimate of drug-likeness (QED) is 0.176. The summed E-state index contributed by atoms with van der Waals surface area (Å²) < 4.78 is 44.7. The summed E-state index contributed by atoms with van der Waals surface area (Å²) in [6, 6.07) is 25.3. The van der Waals surface area contributed by atoms with Crippen molar-refractivity contribution in [2.45, 2.75) is 25.2 Å². The van der Waals surface area contributed by atoms with E-state index in [0.29, 0.717) is 26.8 Å². The van der Waals surface area contributed by atoms with E-state index in [1.165, 1.54) is 23.5 Å². The highest BCUT2D eigenvalue weighted by Gasteiger charge is 2.30. The first-order valence-electron chi connectivity index (χ1n) is 12.8. The molecule has 1 heterocycles. The molecule has 10 heteroatoms. The van der Waals surface area contributed by atoms with Crippen LogP contribution in [0.15, 0.2) is 97.1 Å². The van der Waals surface area contributed by atoms with Crippen molar-refractivity contribution in [3.63, 3.8) is 0 Å². The summed E-state index contributed by atoms with van der Waals surface area (Å²) in [4.78, 5) is 25.4. The van der Waals surface area contributed by atoms with Crippen molar-refractivity contribution in [2.24, 2.45) is 0 Å². The van der Waals surface area contributed by atoms with Crippen LogP contribution in [-0.2, 0) is 24.0 Å². The maximum atomic E-state index is 13.0. The van der Waals surface area contributed by atoms with Crippen molar-refractivity contribution in [2.75, 3.05) is 0 Å². The highest BCUT2D eigenvalue weighted by atomic mass is 35.5. The number of amides is 1. The first-order chi connectivity index (χ1) is 20.0. The fraction of sp³-hybridized carbons (Fsp3) is 0.125. The Kier molecular flexibility index (Phi) is 8.51. The Bertz CT molecular complexity index is 1720. The maximum absolute atomic E-state index is 13.0. The Morgan fingerprint density at radius 1 is 0.857 bits per heavy atom. The molecule has 5 rings (SSSR count). The molecule has 0 radical (unpaired) electrons. The number of ether oxygens (including phenoxy) is 1. The van der Waals surface area contributed by atoms with Crippen molar-refractivity contribution >= 4 is 44.9 Å². The van der Waals surface area contributed by atoms with E-state index in [0.717, 1.165) is 33.3 Å². The summed E-state index contributed by atoms with van der Waals surface area (Å²) in [6.07, 6.45) is -4.35. The van der Waals surface area contributed by atoms with Crippen molar-refractivity contribution in [1.29, 1.82) is 0 Å². The predicted octanol–water partition coefficient (Wildman–Crippen LogP) is 8.25. The Morgan fingerprint density at radius 2 is 1.50 bits per heavy atom. The summed E-state index contributed by atoms with van der Waals surface area (Å²) >= 11 is 7.27. The molecule has 0 saturated carbocycles. The standard InChI is InChI=1S/C32H23ClF3NO4S/c33-25-10-5-21(6-11-25)22-7-14-28-23(16-22)17-29(42-28)30(38)37-27(31(39)40)15-19-3-12-26(13-4-19)41-18-20-1-8-24(9-2-20)32(34,35)36/h1-14,16-17,27H,15,18H2,(H,37,38)(H,39,40). The minimum atomic E-state index is -4.40. The molecule has 2 N–H and O–H groups in total. The molecule has 1 amide bonds. The molecule has 0 bridgehead atoms. The smallest absolute Gasteiger partial charge is 0.416 e.